The molecule has 0 bridgehead atoms. The fourth-order valence-electron chi connectivity index (χ4n) is 3.21. The SMILES string of the molecule is Cc1[nH]nc2c1C(C(=O)NC(C)C)=CN(C(=O)c1ccc(F)cc1)CC2C. The van der Waals surface area contributed by atoms with Crippen LogP contribution < -0.4 is 5.32 Å². The molecule has 0 radical (unpaired) electrons. The van der Waals surface area contributed by atoms with Crippen LogP contribution in [-0.4, -0.2) is 39.5 Å². The van der Waals surface area contributed by atoms with Crippen LogP contribution >= 0.6 is 0 Å². The molecule has 1 aromatic heterocycles. The van der Waals surface area contributed by atoms with Crippen molar-refractivity contribution in [2.45, 2.75) is 39.7 Å². The normalized spacial score (nSPS) is 16.6. The maximum absolute atomic E-state index is 13.2. The zero-order valence-corrected chi connectivity index (χ0v) is 15.8. The van der Waals surface area contributed by atoms with Crippen LogP contribution in [0.3, 0.4) is 0 Å². The quantitative estimate of drug-likeness (QED) is 0.872. The summed E-state index contributed by atoms with van der Waals surface area (Å²) in [5.74, 6) is -1.03. The second-order valence-electron chi connectivity index (χ2n) is 7.15. The molecule has 27 heavy (non-hydrogen) atoms. The lowest BCUT2D eigenvalue weighted by Crippen LogP contribution is -2.33. The van der Waals surface area contributed by atoms with Gasteiger partial charge in [-0.25, -0.2) is 4.39 Å². The molecule has 0 saturated heterocycles. The second-order valence-corrected chi connectivity index (χ2v) is 7.15. The Morgan fingerprint density at radius 2 is 1.96 bits per heavy atom. The summed E-state index contributed by atoms with van der Waals surface area (Å²) >= 11 is 0. The zero-order chi connectivity index (χ0) is 19.7. The Morgan fingerprint density at radius 3 is 2.59 bits per heavy atom. The number of nitrogens with zero attached hydrogens (tertiary/aromatic N) is 2. The van der Waals surface area contributed by atoms with E-state index in [1.807, 2.05) is 27.7 Å². The van der Waals surface area contributed by atoms with Gasteiger partial charge in [-0.2, -0.15) is 5.10 Å². The van der Waals surface area contributed by atoms with E-state index in [1.54, 1.807) is 6.20 Å². The molecule has 7 heteroatoms. The highest BCUT2D eigenvalue weighted by atomic mass is 19.1. The Bertz CT molecular complexity index is 899. The predicted molar refractivity (Wildman–Crippen MR) is 100 cm³/mol. The first-order chi connectivity index (χ1) is 12.8. The fourth-order valence-corrected chi connectivity index (χ4v) is 3.21. The van der Waals surface area contributed by atoms with Crippen molar-refractivity contribution in [2.24, 2.45) is 0 Å². The van der Waals surface area contributed by atoms with Crippen LogP contribution in [0.4, 0.5) is 4.39 Å². The van der Waals surface area contributed by atoms with Crippen molar-refractivity contribution < 1.29 is 14.0 Å². The van der Waals surface area contributed by atoms with Gasteiger partial charge in [0.05, 0.1) is 11.3 Å². The average Bonchev–Trinajstić information content (AvgIpc) is 2.91. The number of halogens is 1. The Morgan fingerprint density at radius 1 is 1.30 bits per heavy atom. The van der Waals surface area contributed by atoms with Gasteiger partial charge in [-0.1, -0.05) is 6.92 Å². The van der Waals surface area contributed by atoms with E-state index in [4.69, 9.17) is 0 Å². The molecule has 0 spiro atoms. The lowest BCUT2D eigenvalue weighted by atomic mass is 9.98. The second kappa shape index (κ2) is 7.34. The van der Waals surface area contributed by atoms with Crippen molar-refractivity contribution >= 4 is 17.4 Å². The number of aromatic amines is 1. The number of hydrogen-bond acceptors (Lipinski definition) is 3. The van der Waals surface area contributed by atoms with Gasteiger partial charge in [0, 0.05) is 41.5 Å². The van der Waals surface area contributed by atoms with Gasteiger partial charge in [-0.3, -0.25) is 14.7 Å². The molecule has 0 fully saturated rings. The summed E-state index contributed by atoms with van der Waals surface area (Å²) in [4.78, 5) is 27.3. The van der Waals surface area contributed by atoms with Gasteiger partial charge in [0.25, 0.3) is 11.8 Å². The molecule has 3 rings (SSSR count). The largest absolute Gasteiger partial charge is 0.350 e. The van der Waals surface area contributed by atoms with Crippen molar-refractivity contribution in [3.05, 3.63) is 58.8 Å². The molecule has 0 saturated carbocycles. The van der Waals surface area contributed by atoms with Gasteiger partial charge in [-0.15, -0.1) is 0 Å². The lowest BCUT2D eigenvalue weighted by molar-refractivity contribution is -0.116. The van der Waals surface area contributed by atoms with Crippen molar-refractivity contribution in [1.29, 1.82) is 0 Å². The number of aryl methyl sites for hydroxylation is 1. The van der Waals surface area contributed by atoms with Crippen LogP contribution in [0.2, 0.25) is 0 Å². The van der Waals surface area contributed by atoms with E-state index in [9.17, 15) is 14.0 Å². The van der Waals surface area contributed by atoms with Crippen molar-refractivity contribution in [1.82, 2.24) is 20.4 Å². The summed E-state index contributed by atoms with van der Waals surface area (Å²) < 4.78 is 13.2. The molecule has 2 heterocycles. The van der Waals surface area contributed by atoms with Gasteiger partial charge < -0.3 is 10.2 Å². The van der Waals surface area contributed by atoms with Crippen LogP contribution in [0.5, 0.6) is 0 Å². The van der Waals surface area contributed by atoms with Crippen molar-refractivity contribution in [3.8, 4) is 0 Å². The summed E-state index contributed by atoms with van der Waals surface area (Å²) in [5, 5.41) is 10.2. The van der Waals surface area contributed by atoms with Gasteiger partial charge in [0.1, 0.15) is 5.82 Å². The maximum Gasteiger partial charge on any atom is 0.257 e. The fraction of sp³-hybridized carbons (Fsp3) is 0.350. The third-order valence-corrected chi connectivity index (χ3v) is 4.48. The van der Waals surface area contributed by atoms with Gasteiger partial charge in [-0.05, 0) is 45.0 Å². The molecule has 1 aliphatic rings. The van der Waals surface area contributed by atoms with Crippen LogP contribution in [0.25, 0.3) is 5.57 Å². The number of carbonyl (C=O) groups excluding carboxylic acids is 2. The number of benzene rings is 1. The highest BCUT2D eigenvalue weighted by molar-refractivity contribution is 6.20. The van der Waals surface area contributed by atoms with E-state index in [1.165, 1.54) is 29.2 Å². The monoisotopic (exact) mass is 370 g/mol. The summed E-state index contributed by atoms with van der Waals surface area (Å²) in [6.07, 6.45) is 1.58. The number of H-pyrrole nitrogens is 1. The van der Waals surface area contributed by atoms with Crippen LogP contribution in [-0.2, 0) is 4.79 Å². The molecule has 2 N–H and O–H groups in total. The molecule has 6 nitrogen and oxygen atoms in total. The van der Waals surface area contributed by atoms with E-state index < -0.39 is 5.82 Å². The standard InChI is InChI=1S/C20H23FN4O2/c1-11(2)22-19(26)16-10-25(20(27)14-5-7-15(21)8-6-14)9-12(3)18-17(16)13(4)23-24-18/h5-8,10-12H,9H2,1-4H3,(H,22,26)(H,23,24). The Balaban J connectivity index is 2.05. The summed E-state index contributed by atoms with van der Waals surface area (Å²) in [6, 6.07) is 5.34. The van der Waals surface area contributed by atoms with E-state index in [0.717, 1.165) is 17.0 Å². The minimum atomic E-state index is -0.404. The Hall–Kier alpha value is -2.96. The number of rotatable bonds is 3. The third kappa shape index (κ3) is 3.77. The molecule has 1 aromatic carbocycles. The first-order valence-corrected chi connectivity index (χ1v) is 8.92. The molecule has 0 aliphatic carbocycles. The zero-order valence-electron chi connectivity index (χ0n) is 15.8. The lowest BCUT2D eigenvalue weighted by Gasteiger charge is -2.20. The van der Waals surface area contributed by atoms with Crippen molar-refractivity contribution in [2.75, 3.05) is 6.54 Å². The molecule has 142 valence electrons. The Labute approximate surface area is 157 Å². The molecule has 2 aromatic rings. The van der Waals surface area contributed by atoms with E-state index >= 15 is 0 Å². The molecule has 2 amide bonds. The van der Waals surface area contributed by atoms with Gasteiger partial charge >= 0.3 is 0 Å². The third-order valence-electron chi connectivity index (χ3n) is 4.48. The number of hydrogen-bond donors (Lipinski definition) is 2. The van der Waals surface area contributed by atoms with Gasteiger partial charge in [0.2, 0.25) is 0 Å². The number of nitrogens with one attached hydrogen (secondary N) is 2. The summed E-state index contributed by atoms with van der Waals surface area (Å²) in [6.45, 7) is 7.93. The molecular weight excluding hydrogens is 347 g/mol. The van der Waals surface area contributed by atoms with Crippen LogP contribution in [0.15, 0.2) is 30.5 Å². The Kier molecular flexibility index (Phi) is 5.12. The molecule has 1 atom stereocenters. The smallest absolute Gasteiger partial charge is 0.257 e. The molecule has 1 unspecified atom stereocenters. The van der Waals surface area contributed by atoms with Crippen molar-refractivity contribution in [3.63, 3.8) is 0 Å². The molecular formula is C20H23FN4O2. The average molecular weight is 370 g/mol. The minimum Gasteiger partial charge on any atom is -0.350 e. The first kappa shape index (κ1) is 18.8. The number of aromatic nitrogens is 2. The maximum atomic E-state index is 13.2. The predicted octanol–water partition coefficient (Wildman–Crippen LogP) is 2.98. The topological polar surface area (TPSA) is 78.1 Å². The number of fused-ring (bicyclic) bond motifs is 1. The summed E-state index contributed by atoms with van der Waals surface area (Å²) in [7, 11) is 0. The first-order valence-electron chi connectivity index (χ1n) is 8.92. The number of carbonyl (C=O) groups is 2. The van der Waals surface area contributed by atoms with Gasteiger partial charge in [0.15, 0.2) is 0 Å². The van der Waals surface area contributed by atoms with E-state index in [0.29, 0.717) is 17.7 Å². The molecule has 1 aliphatic heterocycles. The van der Waals surface area contributed by atoms with Crippen LogP contribution in [0, 0.1) is 12.7 Å². The van der Waals surface area contributed by atoms with Crippen LogP contribution in [0.1, 0.15) is 54.0 Å². The van der Waals surface area contributed by atoms with E-state index in [2.05, 4.69) is 15.5 Å². The highest BCUT2D eigenvalue weighted by Crippen LogP contribution is 2.32. The van der Waals surface area contributed by atoms with E-state index in [-0.39, 0.29) is 23.8 Å². The summed E-state index contributed by atoms with van der Waals surface area (Å²) in [5.41, 5.74) is 3.02. The number of amides is 2. The highest BCUT2D eigenvalue weighted by Gasteiger charge is 2.31. The minimum absolute atomic E-state index is 0.0454.